The Labute approximate surface area is 187 Å². The van der Waals surface area contributed by atoms with Crippen molar-refractivity contribution in [2.45, 2.75) is 93.3 Å². The molecular formula is C20H36O8Zr. The average molecular weight is 496 g/mol. The van der Waals surface area contributed by atoms with Gasteiger partial charge in [-0.05, 0) is 26.7 Å². The number of carboxylic acids is 2. The van der Waals surface area contributed by atoms with Gasteiger partial charge in [-0.3, -0.25) is 9.59 Å². The predicted molar refractivity (Wildman–Crippen MR) is 101 cm³/mol. The van der Waals surface area contributed by atoms with Crippen molar-refractivity contribution in [2.75, 3.05) is 0 Å². The minimum atomic E-state index is -1.27. The minimum absolute atomic E-state index is 0.0303. The SMILES string of the molecule is CC(C)(C)[O][Zr+2][O]C(C)(C)C.CCC(C(C)=O)C(=O)[O-].CCC(C(C)=O)C(=O)[O-]. The van der Waals surface area contributed by atoms with Gasteiger partial charge in [-0.1, -0.05) is 13.8 Å². The Kier molecular flexibility index (Phi) is 17.9. The van der Waals surface area contributed by atoms with Gasteiger partial charge in [0.2, 0.25) is 0 Å². The van der Waals surface area contributed by atoms with Crippen LogP contribution in [0, 0.1) is 11.8 Å². The van der Waals surface area contributed by atoms with E-state index in [0.29, 0.717) is 12.8 Å². The van der Waals surface area contributed by atoms with Gasteiger partial charge in [-0.2, -0.15) is 0 Å². The molecule has 2 atom stereocenters. The van der Waals surface area contributed by atoms with Crippen LogP contribution in [0.15, 0.2) is 0 Å². The molecule has 2 unspecified atom stereocenters. The molecule has 0 aliphatic rings. The number of carbonyl (C=O) groups excluding carboxylic acids is 4. The molecule has 0 radical (unpaired) electrons. The second-order valence-corrected chi connectivity index (χ2v) is 9.71. The zero-order valence-corrected chi connectivity index (χ0v) is 21.8. The molecule has 0 heterocycles. The number of rotatable bonds is 8. The summed E-state index contributed by atoms with van der Waals surface area (Å²) in [6.07, 6.45) is 0.634. The first-order valence-corrected chi connectivity index (χ1v) is 11.4. The van der Waals surface area contributed by atoms with Gasteiger partial charge in [0, 0.05) is 0 Å². The van der Waals surface area contributed by atoms with Crippen molar-refractivity contribution < 1.29 is 59.1 Å². The van der Waals surface area contributed by atoms with Crippen LogP contribution in [0.3, 0.4) is 0 Å². The van der Waals surface area contributed by atoms with E-state index in [4.69, 9.17) is 5.63 Å². The van der Waals surface area contributed by atoms with Gasteiger partial charge in [0.15, 0.2) is 0 Å². The van der Waals surface area contributed by atoms with Crippen LogP contribution in [-0.4, -0.2) is 34.7 Å². The second-order valence-electron chi connectivity index (χ2n) is 8.29. The van der Waals surface area contributed by atoms with Crippen LogP contribution in [-0.2, 0) is 48.9 Å². The van der Waals surface area contributed by atoms with E-state index >= 15 is 0 Å². The molecule has 9 heteroatoms. The summed E-state index contributed by atoms with van der Waals surface area (Å²) in [7, 11) is 0. The fourth-order valence-electron chi connectivity index (χ4n) is 1.51. The number of aliphatic carboxylic acids is 2. The molecule has 0 aliphatic heterocycles. The molecule has 0 rings (SSSR count). The third-order valence-corrected chi connectivity index (χ3v) is 6.48. The van der Waals surface area contributed by atoms with Gasteiger partial charge < -0.3 is 19.8 Å². The molecule has 168 valence electrons. The van der Waals surface area contributed by atoms with Gasteiger partial charge in [0.1, 0.15) is 11.6 Å². The minimum Gasteiger partial charge on any atom is -0.549 e. The van der Waals surface area contributed by atoms with Crippen molar-refractivity contribution in [2.24, 2.45) is 11.8 Å². The van der Waals surface area contributed by atoms with Crippen LogP contribution in [0.4, 0.5) is 0 Å². The Hall–Kier alpha value is -0.917. The van der Waals surface area contributed by atoms with E-state index in [1.807, 2.05) is 0 Å². The molecule has 0 aliphatic carbocycles. The number of ketones is 2. The molecule has 0 amide bonds. The predicted octanol–water partition coefficient (Wildman–Crippen LogP) is 1.23. The van der Waals surface area contributed by atoms with Crippen LogP contribution in [0.2, 0.25) is 0 Å². The molecule has 29 heavy (non-hydrogen) atoms. The van der Waals surface area contributed by atoms with E-state index in [9.17, 15) is 29.4 Å². The first kappa shape index (κ1) is 32.7. The molecule has 0 saturated carbocycles. The third-order valence-electron chi connectivity index (χ3n) is 3.06. The van der Waals surface area contributed by atoms with E-state index in [1.54, 1.807) is 13.8 Å². The van der Waals surface area contributed by atoms with Crippen molar-refractivity contribution in [3.63, 3.8) is 0 Å². The zero-order chi connectivity index (χ0) is 24.0. The molecule has 0 saturated heterocycles. The Morgan fingerprint density at radius 3 is 1.03 bits per heavy atom. The van der Waals surface area contributed by atoms with Crippen molar-refractivity contribution >= 4 is 23.5 Å². The summed E-state index contributed by atoms with van der Waals surface area (Å²) in [4.78, 5) is 40.9. The Balaban J connectivity index is -0.000000352. The van der Waals surface area contributed by atoms with Crippen LogP contribution in [0.5, 0.6) is 0 Å². The Morgan fingerprint density at radius 2 is 0.966 bits per heavy atom. The van der Waals surface area contributed by atoms with Crippen molar-refractivity contribution in [3.8, 4) is 0 Å². The van der Waals surface area contributed by atoms with Gasteiger partial charge in [0.05, 0.1) is 23.8 Å². The maximum Gasteiger partial charge on any atom is 0.138 e. The summed E-state index contributed by atoms with van der Waals surface area (Å²) < 4.78 is 11.1. The normalized spacial score (nSPS) is 12.8. The second kappa shape index (κ2) is 15.9. The van der Waals surface area contributed by atoms with Crippen molar-refractivity contribution in [3.05, 3.63) is 0 Å². The molecular weight excluding hydrogens is 459 g/mol. The number of carbonyl (C=O) groups is 4. The smallest absolute Gasteiger partial charge is 0.138 e. The van der Waals surface area contributed by atoms with Crippen molar-refractivity contribution in [1.29, 1.82) is 0 Å². The molecule has 0 bridgehead atoms. The molecule has 0 aromatic rings. The largest absolute Gasteiger partial charge is 0.549 e. The summed E-state index contributed by atoms with van der Waals surface area (Å²) >= 11 is -1.06. The summed E-state index contributed by atoms with van der Waals surface area (Å²) in [6.45, 7) is 18.1. The third kappa shape index (κ3) is 23.2. The Morgan fingerprint density at radius 1 is 0.724 bits per heavy atom. The molecule has 0 aromatic heterocycles. The maximum absolute atomic E-state index is 10.4. The van der Waals surface area contributed by atoms with E-state index in [2.05, 4.69) is 41.5 Å². The summed E-state index contributed by atoms with van der Waals surface area (Å²) in [5.74, 6) is -5.04. The fourth-order valence-corrected chi connectivity index (χ4v) is 2.84. The Bertz CT molecular complexity index is 444. The van der Waals surface area contributed by atoms with E-state index < -0.39 is 47.9 Å². The maximum atomic E-state index is 10.4. The number of carboxylic acid groups (broad SMARTS) is 2. The molecule has 0 fully saturated rings. The van der Waals surface area contributed by atoms with E-state index in [0.717, 1.165) is 0 Å². The number of hydrogen-bond donors (Lipinski definition) is 0. The van der Waals surface area contributed by atoms with Crippen LogP contribution >= 0.6 is 0 Å². The van der Waals surface area contributed by atoms with Gasteiger partial charge in [-0.25, -0.2) is 0 Å². The first-order chi connectivity index (χ1) is 12.9. The quantitative estimate of drug-likeness (QED) is 0.459. The summed E-state index contributed by atoms with van der Waals surface area (Å²) in [5, 5.41) is 20.1. The molecule has 0 N–H and O–H groups in total. The summed E-state index contributed by atoms with van der Waals surface area (Å²) in [6, 6.07) is 0. The number of Topliss-reactive ketones (excluding diaryl/α,β-unsaturated/α-hetero) is 2. The zero-order valence-electron chi connectivity index (χ0n) is 19.3. The summed E-state index contributed by atoms with van der Waals surface area (Å²) in [5.41, 5.74) is -0.0607. The van der Waals surface area contributed by atoms with Crippen LogP contribution in [0.25, 0.3) is 0 Å². The van der Waals surface area contributed by atoms with E-state index in [-0.39, 0.29) is 22.8 Å². The monoisotopic (exact) mass is 494 g/mol. The van der Waals surface area contributed by atoms with Gasteiger partial charge >= 0.3 is 82.5 Å². The van der Waals surface area contributed by atoms with Gasteiger partial charge in [0.25, 0.3) is 0 Å². The molecule has 8 nitrogen and oxygen atoms in total. The van der Waals surface area contributed by atoms with Gasteiger partial charge in [-0.15, -0.1) is 0 Å². The van der Waals surface area contributed by atoms with Crippen LogP contribution in [0.1, 0.15) is 82.1 Å². The average Bonchev–Trinajstić information content (AvgIpc) is 2.45. The van der Waals surface area contributed by atoms with E-state index in [1.165, 1.54) is 13.8 Å². The molecule has 0 spiro atoms. The van der Waals surface area contributed by atoms with Crippen molar-refractivity contribution in [1.82, 2.24) is 0 Å². The topological polar surface area (TPSA) is 133 Å². The fraction of sp³-hybridized carbons (Fsp3) is 0.800. The number of hydrogen-bond acceptors (Lipinski definition) is 8. The standard InChI is InChI=1S/2C6H10O3.2C4H9O.Zr/c2*1-3-5(4(2)7)6(8)9;2*1-4(2,3)5;/h2*5H,3H2,1-2H3,(H,8,9);2*1-3H3;/q;;2*-1;+4/p-2. The van der Waals surface area contributed by atoms with Crippen LogP contribution < -0.4 is 10.2 Å². The molecule has 0 aromatic carbocycles. The first-order valence-electron chi connectivity index (χ1n) is 9.43.